The zero-order valence-electron chi connectivity index (χ0n) is 15.4. The predicted octanol–water partition coefficient (Wildman–Crippen LogP) is 5.54. The SMILES string of the molecule is O=C(COc1ccc([N+](=O)[O-])cc1)Nc1ccc(Cl)c(-c2nc3ccccc3s2)c1. The maximum atomic E-state index is 12.2. The van der Waals surface area contributed by atoms with Crippen molar-refractivity contribution in [2.75, 3.05) is 11.9 Å². The molecule has 1 N–H and O–H groups in total. The number of non-ortho nitro benzene ring substituents is 1. The van der Waals surface area contributed by atoms with Crippen LogP contribution in [0.2, 0.25) is 5.02 Å². The van der Waals surface area contributed by atoms with Gasteiger partial charge in [-0.2, -0.15) is 0 Å². The molecule has 7 nitrogen and oxygen atoms in total. The minimum atomic E-state index is -0.500. The minimum absolute atomic E-state index is 0.0460. The fourth-order valence-corrected chi connectivity index (χ4v) is 4.02. The van der Waals surface area contributed by atoms with E-state index in [2.05, 4.69) is 10.3 Å². The summed E-state index contributed by atoms with van der Waals surface area (Å²) in [6.45, 7) is -0.239. The van der Waals surface area contributed by atoms with Crippen molar-refractivity contribution >= 4 is 50.4 Å². The van der Waals surface area contributed by atoms with Gasteiger partial charge in [-0.05, 0) is 42.5 Å². The number of amides is 1. The number of halogens is 1. The van der Waals surface area contributed by atoms with Gasteiger partial charge in [0.2, 0.25) is 0 Å². The monoisotopic (exact) mass is 439 g/mol. The lowest BCUT2D eigenvalue weighted by molar-refractivity contribution is -0.384. The highest BCUT2D eigenvalue weighted by molar-refractivity contribution is 7.21. The first-order valence-electron chi connectivity index (χ1n) is 8.82. The van der Waals surface area contributed by atoms with E-state index in [0.29, 0.717) is 16.5 Å². The Kier molecular flexibility index (Phi) is 5.60. The zero-order chi connectivity index (χ0) is 21.1. The van der Waals surface area contributed by atoms with Crippen LogP contribution in [0.25, 0.3) is 20.8 Å². The number of thiazole rings is 1. The van der Waals surface area contributed by atoms with E-state index in [0.717, 1.165) is 20.8 Å². The third kappa shape index (κ3) is 4.40. The average molecular weight is 440 g/mol. The van der Waals surface area contributed by atoms with Gasteiger partial charge in [0.15, 0.2) is 6.61 Å². The summed E-state index contributed by atoms with van der Waals surface area (Å²) < 4.78 is 6.43. The molecule has 3 aromatic carbocycles. The third-order valence-electron chi connectivity index (χ3n) is 4.19. The second kappa shape index (κ2) is 8.48. The molecule has 0 saturated heterocycles. The number of ether oxygens (including phenoxy) is 1. The molecule has 4 aromatic rings. The lowest BCUT2D eigenvalue weighted by Crippen LogP contribution is -2.20. The van der Waals surface area contributed by atoms with Gasteiger partial charge in [-0.3, -0.25) is 14.9 Å². The molecule has 150 valence electrons. The fraction of sp³-hybridized carbons (Fsp3) is 0.0476. The molecule has 1 heterocycles. The number of nitrogens with zero attached hydrogens (tertiary/aromatic N) is 2. The smallest absolute Gasteiger partial charge is 0.269 e. The van der Waals surface area contributed by atoms with Crippen molar-refractivity contribution in [2.45, 2.75) is 0 Å². The van der Waals surface area contributed by atoms with Gasteiger partial charge in [0.1, 0.15) is 10.8 Å². The van der Waals surface area contributed by atoms with E-state index < -0.39 is 4.92 Å². The largest absolute Gasteiger partial charge is 0.484 e. The van der Waals surface area contributed by atoms with Crippen LogP contribution in [0.4, 0.5) is 11.4 Å². The van der Waals surface area contributed by atoms with Crippen LogP contribution in [-0.2, 0) is 4.79 Å². The molecule has 0 fully saturated rings. The molecular formula is C21H14ClN3O4S. The van der Waals surface area contributed by atoms with E-state index in [4.69, 9.17) is 16.3 Å². The quantitative estimate of drug-likeness (QED) is 0.314. The van der Waals surface area contributed by atoms with Crippen molar-refractivity contribution < 1.29 is 14.5 Å². The third-order valence-corrected chi connectivity index (χ3v) is 5.59. The topological polar surface area (TPSA) is 94.4 Å². The Morgan fingerprint density at radius 2 is 1.90 bits per heavy atom. The van der Waals surface area contributed by atoms with E-state index in [1.807, 2.05) is 24.3 Å². The van der Waals surface area contributed by atoms with Crippen molar-refractivity contribution in [3.8, 4) is 16.3 Å². The maximum Gasteiger partial charge on any atom is 0.269 e. The van der Waals surface area contributed by atoms with E-state index in [-0.39, 0.29) is 18.2 Å². The molecule has 0 aliphatic rings. The Balaban J connectivity index is 1.44. The van der Waals surface area contributed by atoms with Crippen molar-refractivity contribution in [2.24, 2.45) is 0 Å². The Hall–Kier alpha value is -3.49. The summed E-state index contributed by atoms with van der Waals surface area (Å²) in [6.07, 6.45) is 0. The van der Waals surface area contributed by atoms with Crippen molar-refractivity contribution in [3.05, 3.63) is 81.9 Å². The van der Waals surface area contributed by atoms with Gasteiger partial charge in [0.05, 0.1) is 20.2 Å². The van der Waals surface area contributed by atoms with Gasteiger partial charge in [0, 0.05) is 23.4 Å². The lowest BCUT2D eigenvalue weighted by atomic mass is 10.2. The number of rotatable bonds is 6. The van der Waals surface area contributed by atoms with Crippen molar-refractivity contribution in [3.63, 3.8) is 0 Å². The molecule has 0 unspecified atom stereocenters. The number of fused-ring (bicyclic) bond motifs is 1. The number of nitro benzene ring substituents is 1. The summed E-state index contributed by atoms with van der Waals surface area (Å²) in [5, 5.41) is 14.7. The summed E-state index contributed by atoms with van der Waals surface area (Å²) in [6, 6.07) is 18.5. The molecular weight excluding hydrogens is 426 g/mol. The van der Waals surface area contributed by atoms with Gasteiger partial charge < -0.3 is 10.1 Å². The van der Waals surface area contributed by atoms with E-state index in [1.165, 1.54) is 35.6 Å². The summed E-state index contributed by atoms with van der Waals surface area (Å²) in [5.41, 5.74) is 2.13. The van der Waals surface area contributed by atoms with Crippen LogP contribution >= 0.6 is 22.9 Å². The number of benzene rings is 3. The molecule has 0 aliphatic carbocycles. The molecule has 1 amide bonds. The number of para-hydroxylation sites is 1. The highest BCUT2D eigenvalue weighted by Gasteiger charge is 2.12. The number of nitrogens with one attached hydrogen (secondary N) is 1. The first-order valence-corrected chi connectivity index (χ1v) is 10.0. The first-order chi connectivity index (χ1) is 14.5. The van der Waals surface area contributed by atoms with Crippen LogP contribution in [0.15, 0.2) is 66.7 Å². The highest BCUT2D eigenvalue weighted by atomic mass is 35.5. The van der Waals surface area contributed by atoms with Gasteiger partial charge in [-0.1, -0.05) is 23.7 Å². The lowest BCUT2D eigenvalue weighted by Gasteiger charge is -2.09. The van der Waals surface area contributed by atoms with Gasteiger partial charge in [-0.25, -0.2) is 4.98 Å². The van der Waals surface area contributed by atoms with Crippen LogP contribution in [0.3, 0.4) is 0 Å². The molecule has 9 heteroatoms. The van der Waals surface area contributed by atoms with Crippen LogP contribution in [0.1, 0.15) is 0 Å². The number of carbonyl (C=O) groups excluding carboxylic acids is 1. The fourth-order valence-electron chi connectivity index (χ4n) is 2.76. The van der Waals surface area contributed by atoms with Crippen LogP contribution < -0.4 is 10.1 Å². The Morgan fingerprint density at radius 3 is 2.63 bits per heavy atom. The average Bonchev–Trinajstić information content (AvgIpc) is 3.18. The van der Waals surface area contributed by atoms with Gasteiger partial charge in [-0.15, -0.1) is 11.3 Å². The van der Waals surface area contributed by atoms with Crippen LogP contribution in [0.5, 0.6) is 5.75 Å². The number of aromatic nitrogens is 1. The number of nitro groups is 1. The maximum absolute atomic E-state index is 12.2. The summed E-state index contributed by atoms with van der Waals surface area (Å²) in [4.78, 5) is 27.0. The van der Waals surface area contributed by atoms with Crippen molar-refractivity contribution in [1.29, 1.82) is 0 Å². The Labute approximate surface area is 180 Å². The molecule has 0 atom stereocenters. The number of hydrogen-bond donors (Lipinski definition) is 1. The molecule has 0 saturated carbocycles. The summed E-state index contributed by atoms with van der Waals surface area (Å²) in [5.74, 6) is -0.00653. The molecule has 0 bridgehead atoms. The van der Waals surface area contributed by atoms with Gasteiger partial charge in [0.25, 0.3) is 11.6 Å². The highest BCUT2D eigenvalue weighted by Crippen LogP contribution is 2.35. The van der Waals surface area contributed by atoms with Crippen LogP contribution in [0, 0.1) is 10.1 Å². The first kappa shape index (κ1) is 19.8. The molecule has 30 heavy (non-hydrogen) atoms. The molecule has 0 spiro atoms. The molecule has 1 aromatic heterocycles. The van der Waals surface area contributed by atoms with E-state index >= 15 is 0 Å². The molecule has 0 aliphatic heterocycles. The summed E-state index contributed by atoms with van der Waals surface area (Å²) >= 11 is 7.87. The van der Waals surface area contributed by atoms with E-state index in [1.54, 1.807) is 18.2 Å². The normalized spacial score (nSPS) is 10.7. The number of anilines is 1. The van der Waals surface area contributed by atoms with Crippen LogP contribution in [-0.4, -0.2) is 22.4 Å². The standard InChI is InChI=1S/C21H14ClN3O4S/c22-17-10-5-13(11-16(17)21-24-18-3-1-2-4-19(18)30-21)23-20(26)12-29-15-8-6-14(7-9-15)25(27)28/h1-11H,12H2,(H,23,26). The van der Waals surface area contributed by atoms with Gasteiger partial charge >= 0.3 is 0 Å². The predicted molar refractivity (Wildman–Crippen MR) is 117 cm³/mol. The zero-order valence-corrected chi connectivity index (χ0v) is 16.9. The van der Waals surface area contributed by atoms with E-state index in [9.17, 15) is 14.9 Å². The number of hydrogen-bond acceptors (Lipinski definition) is 6. The van der Waals surface area contributed by atoms with Crippen molar-refractivity contribution in [1.82, 2.24) is 4.98 Å². The Morgan fingerprint density at radius 1 is 1.13 bits per heavy atom. The number of carbonyl (C=O) groups is 1. The second-order valence-electron chi connectivity index (χ2n) is 6.27. The Bertz CT molecular complexity index is 1210. The summed E-state index contributed by atoms with van der Waals surface area (Å²) in [7, 11) is 0. The molecule has 0 radical (unpaired) electrons. The minimum Gasteiger partial charge on any atom is -0.484 e. The second-order valence-corrected chi connectivity index (χ2v) is 7.71. The molecule has 4 rings (SSSR count).